The number of hydrogen-bond donors (Lipinski definition) is 0. The number of benzene rings is 1. The molecule has 21 heavy (non-hydrogen) atoms. The number of hydrogen-bond acceptors (Lipinski definition) is 4. The summed E-state index contributed by atoms with van der Waals surface area (Å²) in [6.07, 6.45) is 6.79. The third-order valence-electron chi connectivity index (χ3n) is 3.79. The normalized spacial score (nSPS) is 18.5. The van der Waals surface area contributed by atoms with Crippen LogP contribution in [0.3, 0.4) is 0 Å². The van der Waals surface area contributed by atoms with Crippen molar-refractivity contribution in [1.82, 2.24) is 9.97 Å². The molecule has 2 aromatic rings. The van der Waals surface area contributed by atoms with Gasteiger partial charge in [-0.3, -0.25) is 9.78 Å². The van der Waals surface area contributed by atoms with Crippen molar-refractivity contribution in [2.75, 3.05) is 18.0 Å². The molecule has 1 aromatic heterocycles. The van der Waals surface area contributed by atoms with Crippen molar-refractivity contribution in [1.29, 1.82) is 0 Å². The molecule has 108 valence electrons. The highest BCUT2D eigenvalue weighted by Crippen LogP contribution is 2.24. The molecule has 3 rings (SSSR count). The number of carbonyl (C=O) groups excluding carboxylic acids is 1. The zero-order valence-corrected chi connectivity index (χ0v) is 11.6. The second-order valence-electron chi connectivity index (χ2n) is 5.22. The molecule has 0 radical (unpaired) electrons. The van der Waals surface area contributed by atoms with Crippen molar-refractivity contribution < 1.29 is 9.18 Å². The minimum absolute atomic E-state index is 0.0728. The van der Waals surface area contributed by atoms with Gasteiger partial charge in [0, 0.05) is 37.0 Å². The van der Waals surface area contributed by atoms with Crippen LogP contribution in [0.25, 0.3) is 0 Å². The summed E-state index contributed by atoms with van der Waals surface area (Å²) in [4.78, 5) is 22.9. The van der Waals surface area contributed by atoms with Crippen LogP contribution >= 0.6 is 0 Å². The van der Waals surface area contributed by atoms with Gasteiger partial charge in [0.25, 0.3) is 0 Å². The van der Waals surface area contributed by atoms with Gasteiger partial charge >= 0.3 is 0 Å². The highest BCUT2D eigenvalue weighted by atomic mass is 19.1. The van der Waals surface area contributed by atoms with Crippen molar-refractivity contribution in [3.63, 3.8) is 0 Å². The summed E-state index contributed by atoms with van der Waals surface area (Å²) < 4.78 is 12.9. The first-order valence-corrected chi connectivity index (χ1v) is 7.05. The van der Waals surface area contributed by atoms with Gasteiger partial charge in [-0.25, -0.2) is 9.37 Å². The fourth-order valence-corrected chi connectivity index (χ4v) is 2.70. The molecule has 0 bridgehead atoms. The highest BCUT2D eigenvalue weighted by molar-refractivity contribution is 5.98. The van der Waals surface area contributed by atoms with Crippen LogP contribution in [0.2, 0.25) is 0 Å². The molecule has 2 heterocycles. The molecule has 1 aliphatic rings. The molecular weight excluding hydrogens is 269 g/mol. The molecule has 0 saturated carbocycles. The SMILES string of the molecule is O=C(c1ccc(F)cc1)[C@H]1CCCN(c2cnccn2)C1. The summed E-state index contributed by atoms with van der Waals surface area (Å²) in [6, 6.07) is 5.77. The van der Waals surface area contributed by atoms with E-state index in [-0.39, 0.29) is 17.5 Å². The third-order valence-corrected chi connectivity index (χ3v) is 3.79. The predicted molar refractivity (Wildman–Crippen MR) is 77.7 cm³/mol. The molecule has 1 saturated heterocycles. The minimum Gasteiger partial charge on any atom is -0.355 e. The topological polar surface area (TPSA) is 46.1 Å². The summed E-state index contributed by atoms with van der Waals surface area (Å²) in [5.41, 5.74) is 0.572. The van der Waals surface area contributed by atoms with E-state index >= 15 is 0 Å². The molecule has 0 N–H and O–H groups in total. The van der Waals surface area contributed by atoms with Gasteiger partial charge < -0.3 is 4.90 Å². The van der Waals surface area contributed by atoms with Gasteiger partial charge in [-0.15, -0.1) is 0 Å². The van der Waals surface area contributed by atoms with Crippen LogP contribution in [-0.4, -0.2) is 28.8 Å². The molecule has 1 atom stereocenters. The Kier molecular flexibility index (Phi) is 3.90. The predicted octanol–water partition coefficient (Wildman–Crippen LogP) is 2.72. The molecule has 0 spiro atoms. The van der Waals surface area contributed by atoms with Crippen LogP contribution in [0.1, 0.15) is 23.2 Å². The molecule has 4 nitrogen and oxygen atoms in total. The van der Waals surface area contributed by atoms with E-state index in [0.29, 0.717) is 12.1 Å². The molecule has 1 aromatic carbocycles. The Labute approximate surface area is 122 Å². The smallest absolute Gasteiger partial charge is 0.167 e. The summed E-state index contributed by atoms with van der Waals surface area (Å²) in [5, 5.41) is 0. The van der Waals surface area contributed by atoms with Crippen molar-refractivity contribution in [2.24, 2.45) is 5.92 Å². The molecule has 1 aliphatic heterocycles. The zero-order chi connectivity index (χ0) is 14.7. The molecule has 0 unspecified atom stereocenters. The van der Waals surface area contributed by atoms with E-state index in [1.165, 1.54) is 12.1 Å². The number of halogens is 1. The number of Topliss-reactive ketones (excluding diaryl/α,β-unsaturated/α-hetero) is 1. The summed E-state index contributed by atoms with van der Waals surface area (Å²) >= 11 is 0. The fourth-order valence-electron chi connectivity index (χ4n) is 2.70. The van der Waals surface area contributed by atoms with Gasteiger partial charge in [0.15, 0.2) is 5.78 Å². The first-order valence-electron chi connectivity index (χ1n) is 7.05. The number of nitrogens with zero attached hydrogens (tertiary/aromatic N) is 3. The number of aromatic nitrogens is 2. The summed E-state index contributed by atoms with van der Waals surface area (Å²) in [7, 11) is 0. The maximum absolute atomic E-state index is 12.9. The number of piperidine rings is 1. The van der Waals surface area contributed by atoms with Gasteiger partial charge in [0.2, 0.25) is 0 Å². The number of ketones is 1. The second-order valence-corrected chi connectivity index (χ2v) is 5.22. The second kappa shape index (κ2) is 5.99. The van der Waals surface area contributed by atoms with Gasteiger partial charge in [-0.1, -0.05) is 0 Å². The Balaban J connectivity index is 1.74. The average molecular weight is 285 g/mol. The van der Waals surface area contributed by atoms with Crippen LogP contribution in [0.4, 0.5) is 10.2 Å². The lowest BCUT2D eigenvalue weighted by Crippen LogP contribution is -2.39. The Hall–Kier alpha value is -2.30. The monoisotopic (exact) mass is 285 g/mol. The van der Waals surface area contributed by atoms with Crippen LogP contribution < -0.4 is 4.90 Å². The van der Waals surface area contributed by atoms with Gasteiger partial charge in [-0.2, -0.15) is 0 Å². The third kappa shape index (κ3) is 3.07. The van der Waals surface area contributed by atoms with E-state index in [1.807, 2.05) is 0 Å². The van der Waals surface area contributed by atoms with Crippen molar-refractivity contribution >= 4 is 11.6 Å². The molecule has 5 heteroatoms. The molecular formula is C16H16FN3O. The Morgan fingerprint density at radius 3 is 2.76 bits per heavy atom. The largest absolute Gasteiger partial charge is 0.355 e. The van der Waals surface area contributed by atoms with E-state index in [4.69, 9.17) is 0 Å². The Morgan fingerprint density at radius 1 is 1.24 bits per heavy atom. The van der Waals surface area contributed by atoms with Crippen LogP contribution in [-0.2, 0) is 0 Å². The van der Waals surface area contributed by atoms with E-state index in [9.17, 15) is 9.18 Å². The van der Waals surface area contributed by atoms with E-state index < -0.39 is 0 Å². The van der Waals surface area contributed by atoms with Crippen molar-refractivity contribution in [3.05, 3.63) is 54.2 Å². The standard InChI is InChI=1S/C16H16FN3O/c17-14-5-3-12(4-6-14)16(21)13-2-1-9-20(11-13)15-10-18-7-8-19-15/h3-8,10,13H,1-2,9,11H2/t13-/m0/s1. The first-order chi connectivity index (χ1) is 10.2. The minimum atomic E-state index is -0.323. The fraction of sp³-hybridized carbons (Fsp3) is 0.312. The van der Waals surface area contributed by atoms with Gasteiger partial charge in [-0.05, 0) is 37.1 Å². The van der Waals surface area contributed by atoms with E-state index in [0.717, 1.165) is 25.2 Å². The lowest BCUT2D eigenvalue weighted by atomic mass is 9.90. The zero-order valence-electron chi connectivity index (χ0n) is 11.6. The lowest BCUT2D eigenvalue weighted by molar-refractivity contribution is 0.0907. The van der Waals surface area contributed by atoms with E-state index in [1.54, 1.807) is 30.7 Å². The summed E-state index contributed by atoms with van der Waals surface area (Å²) in [5.74, 6) is 0.472. The average Bonchev–Trinajstić information content (AvgIpc) is 2.56. The summed E-state index contributed by atoms with van der Waals surface area (Å²) in [6.45, 7) is 1.51. The van der Waals surface area contributed by atoms with Gasteiger partial charge in [0.05, 0.1) is 6.20 Å². The van der Waals surface area contributed by atoms with Crippen LogP contribution in [0.15, 0.2) is 42.9 Å². The number of anilines is 1. The molecule has 0 aliphatic carbocycles. The molecule has 1 fully saturated rings. The van der Waals surface area contributed by atoms with Crippen LogP contribution in [0.5, 0.6) is 0 Å². The quantitative estimate of drug-likeness (QED) is 0.813. The lowest BCUT2D eigenvalue weighted by Gasteiger charge is -2.32. The highest BCUT2D eigenvalue weighted by Gasteiger charge is 2.27. The maximum Gasteiger partial charge on any atom is 0.167 e. The Bertz CT molecular complexity index is 615. The van der Waals surface area contributed by atoms with Crippen molar-refractivity contribution in [3.8, 4) is 0 Å². The van der Waals surface area contributed by atoms with Crippen LogP contribution in [0, 0.1) is 11.7 Å². The Morgan fingerprint density at radius 2 is 2.05 bits per heavy atom. The maximum atomic E-state index is 12.9. The van der Waals surface area contributed by atoms with Gasteiger partial charge in [0.1, 0.15) is 11.6 Å². The first kappa shape index (κ1) is 13.7. The van der Waals surface area contributed by atoms with Crippen molar-refractivity contribution in [2.45, 2.75) is 12.8 Å². The number of rotatable bonds is 3. The van der Waals surface area contributed by atoms with E-state index in [2.05, 4.69) is 14.9 Å². The molecule has 0 amide bonds. The number of carbonyl (C=O) groups is 1.